The number of piperidine rings is 2. The highest BCUT2D eigenvalue weighted by molar-refractivity contribution is 9.10. The second-order valence-corrected chi connectivity index (χ2v) is 7.12. The molecule has 2 heterocycles. The summed E-state index contributed by atoms with van der Waals surface area (Å²) in [5.74, 6) is 0. The molecule has 20 heavy (non-hydrogen) atoms. The first-order valence-corrected chi connectivity index (χ1v) is 8.78. The molecule has 0 radical (unpaired) electrons. The molecule has 0 saturated carbocycles. The van der Waals surface area contributed by atoms with Gasteiger partial charge in [-0.3, -0.25) is 0 Å². The average Bonchev–Trinajstić information content (AvgIpc) is 2.48. The minimum atomic E-state index is 0.829. The molecule has 2 fully saturated rings. The minimum Gasteiger partial charge on any atom is -0.371 e. The summed E-state index contributed by atoms with van der Waals surface area (Å²) in [7, 11) is 0. The Morgan fingerprint density at radius 3 is 2.35 bits per heavy atom. The van der Waals surface area contributed by atoms with Crippen molar-refractivity contribution in [3.8, 4) is 0 Å². The quantitative estimate of drug-likeness (QED) is 0.798. The van der Waals surface area contributed by atoms with Crippen molar-refractivity contribution in [3.63, 3.8) is 0 Å². The van der Waals surface area contributed by atoms with Crippen molar-refractivity contribution < 1.29 is 0 Å². The monoisotopic (exact) mass is 336 g/mol. The van der Waals surface area contributed by atoms with E-state index in [1.54, 1.807) is 0 Å². The van der Waals surface area contributed by atoms with Crippen molar-refractivity contribution in [2.24, 2.45) is 0 Å². The molecule has 0 N–H and O–H groups in total. The molecule has 0 unspecified atom stereocenters. The second kappa shape index (κ2) is 6.48. The van der Waals surface area contributed by atoms with Gasteiger partial charge in [-0.15, -0.1) is 0 Å². The normalized spacial score (nSPS) is 22.2. The Bertz CT molecular complexity index is 446. The van der Waals surface area contributed by atoms with Crippen LogP contribution in [-0.4, -0.2) is 37.1 Å². The molecule has 3 rings (SSSR count). The van der Waals surface area contributed by atoms with Crippen LogP contribution in [0.2, 0.25) is 0 Å². The zero-order valence-electron chi connectivity index (χ0n) is 12.4. The van der Waals surface area contributed by atoms with Gasteiger partial charge in [-0.25, -0.2) is 0 Å². The standard InChI is InChI=1S/C17H25BrN2/c1-14-5-6-17(16(18)13-14)20-11-7-15(8-12-20)19-9-3-2-4-10-19/h5-6,13,15H,2-4,7-12H2,1H3. The van der Waals surface area contributed by atoms with Gasteiger partial charge in [0.05, 0.1) is 5.69 Å². The van der Waals surface area contributed by atoms with Crippen LogP contribution >= 0.6 is 15.9 Å². The van der Waals surface area contributed by atoms with Gasteiger partial charge in [0, 0.05) is 23.6 Å². The lowest BCUT2D eigenvalue weighted by atomic mass is 9.99. The molecule has 1 aromatic rings. The summed E-state index contributed by atoms with van der Waals surface area (Å²) in [6.07, 6.45) is 6.89. The number of aryl methyl sites for hydroxylation is 1. The smallest absolute Gasteiger partial charge is 0.0510 e. The first-order chi connectivity index (χ1) is 9.74. The molecule has 110 valence electrons. The number of hydrogen-bond acceptors (Lipinski definition) is 2. The SMILES string of the molecule is Cc1ccc(N2CCC(N3CCCCC3)CC2)c(Br)c1. The first-order valence-electron chi connectivity index (χ1n) is 7.99. The molecule has 0 aromatic heterocycles. The zero-order valence-corrected chi connectivity index (χ0v) is 14.0. The molecule has 0 atom stereocenters. The lowest BCUT2D eigenvalue weighted by molar-refractivity contribution is 0.141. The predicted molar refractivity (Wildman–Crippen MR) is 89.5 cm³/mol. The molecule has 0 amide bonds. The summed E-state index contributed by atoms with van der Waals surface area (Å²) >= 11 is 3.72. The van der Waals surface area contributed by atoms with Crippen LogP contribution in [0.4, 0.5) is 5.69 Å². The Kier molecular flexibility index (Phi) is 4.67. The lowest BCUT2D eigenvalue weighted by Gasteiger charge is -2.41. The van der Waals surface area contributed by atoms with E-state index in [-0.39, 0.29) is 0 Å². The summed E-state index contributed by atoms with van der Waals surface area (Å²) in [5, 5.41) is 0. The molecule has 2 saturated heterocycles. The molecule has 2 aliphatic heterocycles. The van der Waals surface area contributed by atoms with Gasteiger partial charge in [0.25, 0.3) is 0 Å². The maximum absolute atomic E-state index is 3.72. The second-order valence-electron chi connectivity index (χ2n) is 6.27. The third-order valence-corrected chi connectivity index (χ3v) is 5.45. The van der Waals surface area contributed by atoms with Crippen molar-refractivity contribution >= 4 is 21.6 Å². The predicted octanol–water partition coefficient (Wildman–Crippen LogP) is 4.21. The first kappa shape index (κ1) is 14.4. The largest absolute Gasteiger partial charge is 0.371 e. The van der Waals surface area contributed by atoms with Crippen molar-refractivity contribution in [1.82, 2.24) is 4.90 Å². The van der Waals surface area contributed by atoms with E-state index in [1.165, 1.54) is 74.0 Å². The van der Waals surface area contributed by atoms with Gasteiger partial charge in [0.2, 0.25) is 0 Å². The van der Waals surface area contributed by atoms with E-state index in [9.17, 15) is 0 Å². The fraction of sp³-hybridized carbons (Fsp3) is 0.647. The van der Waals surface area contributed by atoms with E-state index in [1.807, 2.05) is 0 Å². The number of hydrogen-bond donors (Lipinski definition) is 0. The summed E-state index contributed by atoms with van der Waals surface area (Å²) in [4.78, 5) is 5.29. The van der Waals surface area contributed by atoms with Gasteiger partial charge >= 0.3 is 0 Å². The third-order valence-electron chi connectivity index (χ3n) is 4.82. The van der Waals surface area contributed by atoms with E-state index in [0.29, 0.717) is 0 Å². The van der Waals surface area contributed by atoms with E-state index < -0.39 is 0 Å². The van der Waals surface area contributed by atoms with Crippen LogP contribution < -0.4 is 4.90 Å². The lowest BCUT2D eigenvalue weighted by Crippen LogP contribution is -2.46. The highest BCUT2D eigenvalue weighted by Crippen LogP contribution is 2.30. The third kappa shape index (κ3) is 3.20. The summed E-state index contributed by atoms with van der Waals surface area (Å²) in [5.41, 5.74) is 2.69. The Morgan fingerprint density at radius 1 is 1.00 bits per heavy atom. The van der Waals surface area contributed by atoms with Gasteiger partial charge in [-0.2, -0.15) is 0 Å². The zero-order chi connectivity index (χ0) is 13.9. The van der Waals surface area contributed by atoms with E-state index in [0.717, 1.165) is 6.04 Å². The maximum atomic E-state index is 3.72. The van der Waals surface area contributed by atoms with E-state index >= 15 is 0 Å². The highest BCUT2D eigenvalue weighted by atomic mass is 79.9. The number of halogens is 1. The van der Waals surface area contributed by atoms with Crippen LogP contribution in [0.5, 0.6) is 0 Å². The Labute approximate surface area is 131 Å². The number of rotatable bonds is 2. The molecule has 2 nitrogen and oxygen atoms in total. The number of likely N-dealkylation sites (tertiary alicyclic amines) is 1. The molecule has 3 heteroatoms. The topological polar surface area (TPSA) is 6.48 Å². The van der Waals surface area contributed by atoms with E-state index in [2.05, 4.69) is 50.9 Å². The van der Waals surface area contributed by atoms with E-state index in [4.69, 9.17) is 0 Å². The molecule has 1 aromatic carbocycles. The maximum Gasteiger partial charge on any atom is 0.0510 e. The van der Waals surface area contributed by atoms with Crippen molar-refractivity contribution in [3.05, 3.63) is 28.2 Å². The fourth-order valence-electron chi connectivity index (χ4n) is 3.62. The Hall–Kier alpha value is -0.540. The van der Waals surface area contributed by atoms with Crippen LogP contribution in [0.25, 0.3) is 0 Å². The van der Waals surface area contributed by atoms with Gasteiger partial charge < -0.3 is 9.80 Å². The van der Waals surface area contributed by atoms with Crippen molar-refractivity contribution in [2.45, 2.75) is 45.1 Å². The fourth-order valence-corrected chi connectivity index (χ4v) is 4.37. The molecular formula is C17H25BrN2. The van der Waals surface area contributed by atoms with Crippen molar-refractivity contribution in [1.29, 1.82) is 0 Å². The summed E-state index contributed by atoms with van der Waals surface area (Å²) < 4.78 is 1.24. The molecule has 0 aliphatic carbocycles. The molecular weight excluding hydrogens is 312 g/mol. The summed E-state index contributed by atoms with van der Waals surface area (Å²) in [6.45, 7) is 7.21. The Morgan fingerprint density at radius 2 is 1.70 bits per heavy atom. The van der Waals surface area contributed by atoms with Crippen LogP contribution in [0.3, 0.4) is 0 Å². The van der Waals surface area contributed by atoms with Crippen LogP contribution in [-0.2, 0) is 0 Å². The van der Waals surface area contributed by atoms with Crippen LogP contribution in [0, 0.1) is 6.92 Å². The minimum absolute atomic E-state index is 0.829. The van der Waals surface area contributed by atoms with Gasteiger partial charge in [0.1, 0.15) is 0 Å². The molecule has 0 bridgehead atoms. The van der Waals surface area contributed by atoms with Crippen LogP contribution in [0.15, 0.2) is 22.7 Å². The van der Waals surface area contributed by atoms with Crippen molar-refractivity contribution in [2.75, 3.05) is 31.1 Å². The summed E-state index contributed by atoms with van der Waals surface area (Å²) in [6, 6.07) is 7.54. The number of nitrogens with zero attached hydrogens (tertiary/aromatic N) is 2. The number of benzene rings is 1. The molecule has 2 aliphatic rings. The average molecular weight is 337 g/mol. The van der Waals surface area contributed by atoms with Gasteiger partial charge in [-0.05, 0) is 79.3 Å². The van der Waals surface area contributed by atoms with Crippen LogP contribution in [0.1, 0.15) is 37.7 Å². The Balaban J connectivity index is 1.60. The molecule has 0 spiro atoms. The van der Waals surface area contributed by atoms with Gasteiger partial charge in [0.15, 0.2) is 0 Å². The number of anilines is 1. The highest BCUT2D eigenvalue weighted by Gasteiger charge is 2.26. The van der Waals surface area contributed by atoms with Gasteiger partial charge in [-0.1, -0.05) is 12.5 Å².